The van der Waals surface area contributed by atoms with Gasteiger partial charge in [0, 0.05) is 0 Å². The summed E-state index contributed by atoms with van der Waals surface area (Å²) >= 11 is 0. The van der Waals surface area contributed by atoms with Gasteiger partial charge < -0.3 is 15.0 Å². The van der Waals surface area contributed by atoms with Crippen molar-refractivity contribution < 1.29 is 4.74 Å². The Morgan fingerprint density at radius 2 is 2.00 bits per heavy atom. The fraction of sp³-hybridized carbons (Fsp3) is 1.00. The summed E-state index contributed by atoms with van der Waals surface area (Å²) in [6.45, 7) is 9.11. The van der Waals surface area contributed by atoms with Crippen LogP contribution in [-0.2, 0) is 4.74 Å². The molecule has 2 rings (SSSR count). The number of ether oxygens (including phenoxy) is 1. The number of piperidine rings is 1. The third-order valence-electron chi connectivity index (χ3n) is 3.49. The van der Waals surface area contributed by atoms with Crippen molar-refractivity contribution in [2.75, 3.05) is 39.4 Å². The van der Waals surface area contributed by atoms with Crippen molar-refractivity contribution in [1.82, 2.24) is 10.2 Å². The van der Waals surface area contributed by atoms with Gasteiger partial charge in [-0.05, 0) is 44.9 Å². The van der Waals surface area contributed by atoms with Gasteiger partial charge in [0.15, 0.2) is 0 Å². The van der Waals surface area contributed by atoms with Crippen molar-refractivity contribution in [2.45, 2.75) is 25.8 Å². The molecule has 0 aromatic heterocycles. The monoisotopic (exact) mass is 198 g/mol. The van der Waals surface area contributed by atoms with E-state index in [1.807, 2.05) is 0 Å². The second-order valence-corrected chi connectivity index (χ2v) is 4.52. The molecule has 0 amide bonds. The highest BCUT2D eigenvalue weighted by Gasteiger charge is 2.21. The van der Waals surface area contributed by atoms with Gasteiger partial charge in [-0.25, -0.2) is 0 Å². The highest BCUT2D eigenvalue weighted by Crippen LogP contribution is 2.16. The van der Waals surface area contributed by atoms with Gasteiger partial charge in [0.1, 0.15) is 0 Å². The predicted octanol–water partition coefficient (Wildman–Crippen LogP) is 0.707. The number of hydrogen-bond acceptors (Lipinski definition) is 3. The summed E-state index contributed by atoms with van der Waals surface area (Å²) in [6.07, 6.45) is 2.74. The molecule has 0 aromatic carbocycles. The zero-order valence-corrected chi connectivity index (χ0v) is 9.17. The predicted molar refractivity (Wildman–Crippen MR) is 57.4 cm³/mol. The molecule has 2 aliphatic heterocycles. The minimum absolute atomic E-state index is 0.652. The first-order chi connectivity index (χ1) is 6.88. The molecule has 2 heterocycles. The Hall–Kier alpha value is -0.120. The summed E-state index contributed by atoms with van der Waals surface area (Å²) in [5.41, 5.74) is 0. The maximum Gasteiger partial charge on any atom is 0.0643 e. The van der Waals surface area contributed by atoms with E-state index >= 15 is 0 Å². The Morgan fingerprint density at radius 1 is 1.29 bits per heavy atom. The van der Waals surface area contributed by atoms with Gasteiger partial charge in [0.25, 0.3) is 0 Å². The van der Waals surface area contributed by atoms with Crippen LogP contribution in [0.25, 0.3) is 0 Å². The molecule has 14 heavy (non-hydrogen) atoms. The molecule has 1 N–H and O–H groups in total. The van der Waals surface area contributed by atoms with Gasteiger partial charge in [-0.2, -0.15) is 0 Å². The maximum absolute atomic E-state index is 5.14. The lowest BCUT2D eigenvalue weighted by Crippen LogP contribution is -2.48. The first-order valence-corrected chi connectivity index (χ1v) is 5.92. The largest absolute Gasteiger partial charge is 0.378 e. The fourth-order valence-electron chi connectivity index (χ4n) is 2.19. The van der Waals surface area contributed by atoms with Gasteiger partial charge >= 0.3 is 0 Å². The number of hydrogen-bond donors (Lipinski definition) is 1. The highest BCUT2D eigenvalue weighted by atomic mass is 16.5. The van der Waals surface area contributed by atoms with Crippen molar-refractivity contribution in [3.8, 4) is 0 Å². The average molecular weight is 198 g/mol. The molecule has 82 valence electrons. The zero-order chi connectivity index (χ0) is 9.80. The fourth-order valence-corrected chi connectivity index (χ4v) is 2.19. The van der Waals surface area contributed by atoms with Gasteiger partial charge in [-0.1, -0.05) is 6.92 Å². The van der Waals surface area contributed by atoms with Crippen LogP contribution in [0.4, 0.5) is 0 Å². The Kier molecular flexibility index (Phi) is 3.79. The van der Waals surface area contributed by atoms with Crippen LogP contribution >= 0.6 is 0 Å². The normalized spacial score (nSPS) is 26.4. The van der Waals surface area contributed by atoms with Crippen molar-refractivity contribution in [3.63, 3.8) is 0 Å². The summed E-state index contributed by atoms with van der Waals surface area (Å²) in [6, 6.07) is 0.652. The molecule has 3 heteroatoms. The van der Waals surface area contributed by atoms with E-state index in [1.54, 1.807) is 0 Å². The van der Waals surface area contributed by atoms with Crippen LogP contribution in [0.15, 0.2) is 0 Å². The average Bonchev–Trinajstić information content (AvgIpc) is 2.16. The quantitative estimate of drug-likeness (QED) is 0.720. The van der Waals surface area contributed by atoms with E-state index in [0.717, 1.165) is 19.1 Å². The van der Waals surface area contributed by atoms with Crippen LogP contribution in [0.1, 0.15) is 19.8 Å². The van der Waals surface area contributed by atoms with E-state index < -0.39 is 0 Å². The molecule has 2 fully saturated rings. The number of nitrogens with one attached hydrogen (secondary N) is 1. The van der Waals surface area contributed by atoms with E-state index in [-0.39, 0.29) is 0 Å². The Balaban J connectivity index is 1.58. The zero-order valence-electron chi connectivity index (χ0n) is 9.17. The van der Waals surface area contributed by atoms with E-state index in [0.29, 0.717) is 6.04 Å². The van der Waals surface area contributed by atoms with Gasteiger partial charge in [-0.15, -0.1) is 0 Å². The molecule has 0 radical (unpaired) electrons. The first kappa shape index (κ1) is 10.4. The molecule has 0 unspecified atom stereocenters. The van der Waals surface area contributed by atoms with Crippen molar-refractivity contribution in [2.24, 2.45) is 5.92 Å². The van der Waals surface area contributed by atoms with Gasteiger partial charge in [0.2, 0.25) is 0 Å². The Morgan fingerprint density at radius 3 is 2.50 bits per heavy atom. The van der Waals surface area contributed by atoms with Crippen molar-refractivity contribution in [1.29, 1.82) is 0 Å². The second kappa shape index (κ2) is 5.10. The molecular formula is C11H22N2O. The first-order valence-electron chi connectivity index (χ1n) is 5.92. The highest BCUT2D eigenvalue weighted by molar-refractivity contribution is 4.78. The lowest BCUT2D eigenvalue weighted by molar-refractivity contribution is -0.00756. The maximum atomic E-state index is 5.14. The third kappa shape index (κ3) is 2.69. The van der Waals surface area contributed by atoms with Crippen molar-refractivity contribution in [3.05, 3.63) is 0 Å². The molecule has 0 bridgehead atoms. The third-order valence-corrected chi connectivity index (χ3v) is 3.49. The summed E-state index contributed by atoms with van der Waals surface area (Å²) in [5, 5.41) is 3.58. The van der Waals surface area contributed by atoms with Gasteiger partial charge in [-0.3, -0.25) is 0 Å². The topological polar surface area (TPSA) is 24.5 Å². The molecule has 0 spiro atoms. The summed E-state index contributed by atoms with van der Waals surface area (Å²) < 4.78 is 5.14. The van der Waals surface area contributed by atoms with E-state index in [2.05, 4.69) is 17.1 Å². The van der Waals surface area contributed by atoms with Crippen LogP contribution in [0, 0.1) is 5.92 Å². The SMILES string of the molecule is CCN1CCC(CNC2COC2)CC1. The molecule has 2 saturated heterocycles. The van der Waals surface area contributed by atoms with Crippen LogP contribution in [0.3, 0.4) is 0 Å². The lowest BCUT2D eigenvalue weighted by atomic mass is 9.96. The van der Waals surface area contributed by atoms with Crippen LogP contribution in [0.2, 0.25) is 0 Å². The lowest BCUT2D eigenvalue weighted by Gasteiger charge is -2.33. The Bertz CT molecular complexity index is 163. The molecule has 0 aliphatic carbocycles. The number of nitrogens with zero attached hydrogens (tertiary/aromatic N) is 1. The van der Waals surface area contributed by atoms with Crippen LogP contribution < -0.4 is 5.32 Å². The van der Waals surface area contributed by atoms with E-state index in [4.69, 9.17) is 4.74 Å². The van der Waals surface area contributed by atoms with E-state index in [1.165, 1.54) is 39.0 Å². The molecular weight excluding hydrogens is 176 g/mol. The summed E-state index contributed by atoms with van der Waals surface area (Å²) in [5.74, 6) is 0.901. The van der Waals surface area contributed by atoms with Crippen LogP contribution in [0.5, 0.6) is 0 Å². The standard InChI is InChI=1S/C11H22N2O/c1-2-13-5-3-10(4-6-13)7-12-11-8-14-9-11/h10-12H,2-9H2,1H3. The van der Waals surface area contributed by atoms with Crippen LogP contribution in [-0.4, -0.2) is 50.3 Å². The molecule has 2 aliphatic rings. The van der Waals surface area contributed by atoms with E-state index in [9.17, 15) is 0 Å². The summed E-state index contributed by atoms with van der Waals surface area (Å²) in [7, 11) is 0. The molecule has 3 nitrogen and oxygen atoms in total. The smallest absolute Gasteiger partial charge is 0.0643 e. The molecule has 0 aromatic rings. The number of rotatable bonds is 4. The molecule has 0 saturated carbocycles. The minimum Gasteiger partial charge on any atom is -0.378 e. The Labute approximate surface area is 86.8 Å². The van der Waals surface area contributed by atoms with Gasteiger partial charge in [0.05, 0.1) is 19.3 Å². The second-order valence-electron chi connectivity index (χ2n) is 4.52. The summed E-state index contributed by atoms with van der Waals surface area (Å²) in [4.78, 5) is 2.54. The number of likely N-dealkylation sites (tertiary alicyclic amines) is 1. The molecule has 0 atom stereocenters. The van der Waals surface area contributed by atoms with Crippen molar-refractivity contribution >= 4 is 0 Å². The minimum atomic E-state index is 0.652.